The molecule has 2 bridgehead atoms. The van der Waals surface area contributed by atoms with E-state index in [1.165, 1.54) is 0 Å². The van der Waals surface area contributed by atoms with Crippen molar-refractivity contribution < 1.29 is 13.2 Å². The van der Waals surface area contributed by atoms with Gasteiger partial charge in [0, 0.05) is 0 Å². The Hall–Kier alpha value is -0.210. The van der Waals surface area contributed by atoms with Gasteiger partial charge in [0.1, 0.15) is 0 Å². The summed E-state index contributed by atoms with van der Waals surface area (Å²) < 4.78 is 37.7. The molecule has 0 heterocycles. The van der Waals surface area contributed by atoms with Crippen molar-refractivity contribution in [2.75, 3.05) is 0 Å². The summed E-state index contributed by atoms with van der Waals surface area (Å²) in [6.45, 7) is 6.45. The number of hydrogen-bond donors (Lipinski definition) is 0. The van der Waals surface area contributed by atoms with Crippen molar-refractivity contribution in [2.45, 2.75) is 59.1 Å². The van der Waals surface area contributed by atoms with E-state index in [2.05, 4.69) is 20.8 Å². The van der Waals surface area contributed by atoms with Crippen LogP contribution in [-0.2, 0) is 0 Å². The molecule has 0 N–H and O–H groups in total. The minimum absolute atomic E-state index is 0.0722. The molecular formula is C12H19F3. The lowest BCUT2D eigenvalue weighted by Crippen LogP contribution is -2.68. The van der Waals surface area contributed by atoms with E-state index in [0.717, 1.165) is 12.8 Å². The lowest BCUT2D eigenvalue weighted by Gasteiger charge is -2.71. The minimum atomic E-state index is -3.95. The summed E-state index contributed by atoms with van der Waals surface area (Å²) in [5.74, 6) is 0. The first-order chi connectivity index (χ1) is 6.58. The third kappa shape index (κ3) is 1.68. The average molecular weight is 220 g/mol. The fraction of sp³-hybridized carbons (Fsp3) is 1.00. The molecule has 0 unspecified atom stereocenters. The predicted molar refractivity (Wildman–Crippen MR) is 53.5 cm³/mol. The summed E-state index contributed by atoms with van der Waals surface area (Å²) in [5, 5.41) is 0. The zero-order valence-corrected chi connectivity index (χ0v) is 9.67. The largest absolute Gasteiger partial charge is 0.394 e. The summed E-state index contributed by atoms with van der Waals surface area (Å²) in [6.07, 6.45) is -0.718. The van der Waals surface area contributed by atoms with Gasteiger partial charge in [0.25, 0.3) is 0 Å². The Kier molecular flexibility index (Phi) is 2.05. The second-order valence-electron chi connectivity index (χ2n) is 6.87. The molecule has 0 aromatic rings. The summed E-state index contributed by atoms with van der Waals surface area (Å²) in [7, 11) is 0. The molecule has 3 heteroatoms. The number of hydrogen-bond acceptors (Lipinski definition) is 0. The van der Waals surface area contributed by atoms with Gasteiger partial charge in [0.2, 0.25) is 0 Å². The topological polar surface area (TPSA) is 0 Å². The van der Waals surface area contributed by atoms with Crippen LogP contribution in [0.3, 0.4) is 0 Å². The van der Waals surface area contributed by atoms with Crippen LogP contribution in [0, 0.1) is 16.2 Å². The first kappa shape index (κ1) is 11.3. The molecule has 0 saturated heterocycles. The van der Waals surface area contributed by atoms with E-state index in [0.29, 0.717) is 19.3 Å². The SMILES string of the molecule is CC(C)(C)CCC12CC(C(F)(F)F)(C1)C2. The molecule has 3 aliphatic rings. The summed E-state index contributed by atoms with van der Waals surface area (Å²) in [6, 6.07) is 0. The molecule has 0 amide bonds. The molecule has 3 saturated carbocycles. The molecule has 0 aliphatic heterocycles. The normalized spacial score (nSPS) is 39.6. The van der Waals surface area contributed by atoms with Crippen LogP contribution in [0.2, 0.25) is 0 Å². The zero-order chi connectivity index (χ0) is 11.5. The molecule has 3 aliphatic carbocycles. The van der Waals surface area contributed by atoms with Gasteiger partial charge < -0.3 is 0 Å². The quantitative estimate of drug-likeness (QED) is 0.640. The second kappa shape index (κ2) is 2.72. The number of rotatable bonds is 2. The Morgan fingerprint density at radius 3 is 1.80 bits per heavy atom. The van der Waals surface area contributed by atoms with Gasteiger partial charge in [-0.3, -0.25) is 0 Å². The highest BCUT2D eigenvalue weighted by molar-refractivity contribution is 5.19. The Morgan fingerprint density at radius 2 is 1.47 bits per heavy atom. The van der Waals surface area contributed by atoms with Gasteiger partial charge >= 0.3 is 6.18 Å². The monoisotopic (exact) mass is 220 g/mol. The molecule has 0 aromatic carbocycles. The highest BCUT2D eigenvalue weighted by Gasteiger charge is 2.77. The zero-order valence-electron chi connectivity index (χ0n) is 9.67. The predicted octanol–water partition coefficient (Wildman–Crippen LogP) is 4.55. The van der Waals surface area contributed by atoms with Crippen molar-refractivity contribution in [1.29, 1.82) is 0 Å². The Morgan fingerprint density at radius 1 is 1.00 bits per heavy atom. The lowest BCUT2D eigenvalue weighted by atomic mass is 9.33. The van der Waals surface area contributed by atoms with E-state index in [1.54, 1.807) is 0 Å². The Bertz CT molecular complexity index is 244. The van der Waals surface area contributed by atoms with Crippen molar-refractivity contribution in [1.82, 2.24) is 0 Å². The van der Waals surface area contributed by atoms with Crippen molar-refractivity contribution in [3.63, 3.8) is 0 Å². The molecule has 3 rings (SSSR count). The van der Waals surface area contributed by atoms with Crippen LogP contribution in [0.25, 0.3) is 0 Å². The maximum Gasteiger partial charge on any atom is 0.394 e. The molecule has 0 nitrogen and oxygen atoms in total. The standard InChI is InChI=1S/C12H19F3/c1-9(2,3)4-5-10-6-11(7-10,8-10)12(13,14)15/h4-8H2,1-3H3. The molecule has 0 atom stereocenters. The third-order valence-electron chi connectivity index (χ3n) is 4.15. The Balaban J connectivity index is 1.84. The van der Waals surface area contributed by atoms with Crippen LogP contribution in [0.15, 0.2) is 0 Å². The first-order valence-corrected chi connectivity index (χ1v) is 5.65. The summed E-state index contributed by atoms with van der Waals surface area (Å²) in [4.78, 5) is 0. The van der Waals surface area contributed by atoms with E-state index in [9.17, 15) is 13.2 Å². The molecule has 3 fully saturated rings. The van der Waals surface area contributed by atoms with Crippen LogP contribution in [-0.4, -0.2) is 6.18 Å². The minimum Gasteiger partial charge on any atom is -0.171 e. The Labute approximate surface area is 89.2 Å². The fourth-order valence-corrected chi connectivity index (χ4v) is 3.20. The molecule has 15 heavy (non-hydrogen) atoms. The summed E-state index contributed by atoms with van der Waals surface area (Å²) >= 11 is 0. The maximum atomic E-state index is 12.6. The highest BCUT2D eigenvalue weighted by Crippen LogP contribution is 2.80. The molecule has 0 spiro atoms. The van der Waals surface area contributed by atoms with Crippen molar-refractivity contribution >= 4 is 0 Å². The average Bonchev–Trinajstić information content (AvgIpc) is 1.73. The fourth-order valence-electron chi connectivity index (χ4n) is 3.20. The van der Waals surface area contributed by atoms with Gasteiger partial charge in [-0.2, -0.15) is 13.2 Å². The van der Waals surface area contributed by atoms with Crippen LogP contribution in [0.4, 0.5) is 13.2 Å². The van der Waals surface area contributed by atoms with Crippen LogP contribution in [0.5, 0.6) is 0 Å². The lowest BCUT2D eigenvalue weighted by molar-refractivity contribution is -0.365. The molecule has 0 radical (unpaired) electrons. The van der Waals surface area contributed by atoms with Crippen LogP contribution < -0.4 is 0 Å². The first-order valence-electron chi connectivity index (χ1n) is 5.65. The van der Waals surface area contributed by atoms with E-state index >= 15 is 0 Å². The van der Waals surface area contributed by atoms with Gasteiger partial charge in [-0.25, -0.2) is 0 Å². The number of halogens is 3. The van der Waals surface area contributed by atoms with E-state index < -0.39 is 11.6 Å². The second-order valence-corrected chi connectivity index (χ2v) is 6.87. The van der Waals surface area contributed by atoms with Crippen LogP contribution in [0.1, 0.15) is 52.9 Å². The van der Waals surface area contributed by atoms with Gasteiger partial charge in [-0.15, -0.1) is 0 Å². The van der Waals surface area contributed by atoms with Gasteiger partial charge in [0.05, 0.1) is 5.41 Å². The maximum absolute atomic E-state index is 12.6. The van der Waals surface area contributed by atoms with Gasteiger partial charge in [-0.1, -0.05) is 20.8 Å². The van der Waals surface area contributed by atoms with Crippen molar-refractivity contribution in [3.05, 3.63) is 0 Å². The number of alkyl halides is 3. The van der Waals surface area contributed by atoms with Crippen LogP contribution >= 0.6 is 0 Å². The molecule has 88 valence electrons. The van der Waals surface area contributed by atoms with Gasteiger partial charge in [-0.05, 0) is 42.9 Å². The molecule has 0 aromatic heterocycles. The van der Waals surface area contributed by atoms with Gasteiger partial charge in [0.15, 0.2) is 0 Å². The van der Waals surface area contributed by atoms with E-state index in [4.69, 9.17) is 0 Å². The molecular weight excluding hydrogens is 201 g/mol. The van der Waals surface area contributed by atoms with E-state index in [-0.39, 0.29) is 10.8 Å². The smallest absolute Gasteiger partial charge is 0.171 e. The third-order valence-corrected chi connectivity index (χ3v) is 4.15. The van der Waals surface area contributed by atoms with Crippen molar-refractivity contribution in [3.8, 4) is 0 Å². The summed E-state index contributed by atoms with van der Waals surface area (Å²) in [5.41, 5.74) is -0.936. The van der Waals surface area contributed by atoms with E-state index in [1.807, 2.05) is 0 Å². The highest BCUT2D eigenvalue weighted by atomic mass is 19.4. The van der Waals surface area contributed by atoms with Crippen molar-refractivity contribution in [2.24, 2.45) is 16.2 Å².